The molecule has 3 nitrogen and oxygen atoms in total. The van der Waals surface area contributed by atoms with Gasteiger partial charge in [-0.15, -0.1) is 0 Å². The second-order valence-electron chi connectivity index (χ2n) is 5.07. The lowest BCUT2D eigenvalue weighted by Gasteiger charge is -2.39. The Morgan fingerprint density at radius 1 is 1.35 bits per heavy atom. The van der Waals surface area contributed by atoms with Gasteiger partial charge in [0.2, 0.25) is 0 Å². The van der Waals surface area contributed by atoms with Crippen LogP contribution in [0.25, 0.3) is 0 Å². The summed E-state index contributed by atoms with van der Waals surface area (Å²) in [5.41, 5.74) is 2.85. The Morgan fingerprint density at radius 2 is 2.24 bits per heavy atom. The van der Waals surface area contributed by atoms with Crippen LogP contribution in [0.1, 0.15) is 12.0 Å². The fraction of sp³-hybridized carbons (Fsp3) is 0.571. The van der Waals surface area contributed by atoms with Crippen molar-refractivity contribution in [2.75, 3.05) is 31.1 Å². The van der Waals surface area contributed by atoms with Crippen LogP contribution < -0.4 is 10.2 Å². The predicted molar refractivity (Wildman–Crippen MR) is 69.3 cm³/mol. The molecular formula is C14H20N2O. The van der Waals surface area contributed by atoms with E-state index in [-0.39, 0.29) is 6.61 Å². The van der Waals surface area contributed by atoms with E-state index in [1.54, 1.807) is 0 Å². The highest BCUT2D eigenvalue weighted by atomic mass is 16.3. The number of aliphatic hydroxyl groups excluding tert-OH is 1. The average molecular weight is 232 g/mol. The van der Waals surface area contributed by atoms with Gasteiger partial charge >= 0.3 is 0 Å². The minimum Gasteiger partial charge on any atom is -0.396 e. The minimum atomic E-state index is 0.288. The summed E-state index contributed by atoms with van der Waals surface area (Å²) >= 11 is 0. The number of benzene rings is 1. The van der Waals surface area contributed by atoms with Crippen LogP contribution in [0.2, 0.25) is 0 Å². The standard InChI is InChI=1S/C14H20N2O/c17-10-12-9-15-7-5-14(12)16-8-6-11-3-1-2-4-13(11)16/h1-4,12,14-15,17H,5-10H2/t12-,14?/m0/s1. The van der Waals surface area contributed by atoms with Gasteiger partial charge in [0.15, 0.2) is 0 Å². The maximum atomic E-state index is 9.50. The number of para-hydroxylation sites is 1. The Hall–Kier alpha value is -1.06. The highest BCUT2D eigenvalue weighted by Crippen LogP contribution is 2.32. The van der Waals surface area contributed by atoms with Crippen LogP contribution in [-0.4, -0.2) is 37.4 Å². The van der Waals surface area contributed by atoms with Crippen LogP contribution >= 0.6 is 0 Å². The van der Waals surface area contributed by atoms with Crippen LogP contribution in [-0.2, 0) is 6.42 Å². The molecule has 17 heavy (non-hydrogen) atoms. The van der Waals surface area contributed by atoms with Crippen molar-refractivity contribution in [1.29, 1.82) is 0 Å². The zero-order chi connectivity index (χ0) is 11.7. The van der Waals surface area contributed by atoms with Crippen molar-refractivity contribution in [2.45, 2.75) is 18.9 Å². The van der Waals surface area contributed by atoms with E-state index in [9.17, 15) is 5.11 Å². The Labute approximate surface area is 102 Å². The summed E-state index contributed by atoms with van der Waals surface area (Å²) in [6.45, 7) is 3.41. The summed E-state index contributed by atoms with van der Waals surface area (Å²) in [7, 11) is 0. The number of rotatable bonds is 2. The number of nitrogens with zero attached hydrogens (tertiary/aromatic N) is 1. The minimum absolute atomic E-state index is 0.288. The van der Waals surface area contributed by atoms with Crippen molar-refractivity contribution in [1.82, 2.24) is 5.32 Å². The SMILES string of the molecule is OC[C@@H]1CNCCC1N1CCc2ccccc21. The maximum Gasteiger partial charge on any atom is 0.0491 e. The number of hydrogen-bond acceptors (Lipinski definition) is 3. The van der Waals surface area contributed by atoms with Gasteiger partial charge < -0.3 is 15.3 Å². The molecule has 0 aliphatic carbocycles. The van der Waals surface area contributed by atoms with Gasteiger partial charge in [-0.25, -0.2) is 0 Å². The van der Waals surface area contributed by atoms with E-state index >= 15 is 0 Å². The number of nitrogens with one attached hydrogen (secondary N) is 1. The summed E-state index contributed by atoms with van der Waals surface area (Å²) < 4.78 is 0. The lowest BCUT2D eigenvalue weighted by molar-refractivity contribution is 0.177. The Morgan fingerprint density at radius 3 is 3.12 bits per heavy atom. The van der Waals surface area contributed by atoms with Crippen LogP contribution in [0.5, 0.6) is 0 Å². The molecule has 2 heterocycles. The topological polar surface area (TPSA) is 35.5 Å². The molecule has 1 aromatic rings. The number of hydrogen-bond donors (Lipinski definition) is 2. The maximum absolute atomic E-state index is 9.50. The quantitative estimate of drug-likeness (QED) is 0.799. The molecule has 0 spiro atoms. The highest BCUT2D eigenvalue weighted by molar-refractivity contribution is 5.58. The molecule has 1 aromatic carbocycles. The number of piperidine rings is 1. The Balaban J connectivity index is 1.85. The van der Waals surface area contributed by atoms with E-state index in [2.05, 4.69) is 34.5 Å². The van der Waals surface area contributed by atoms with E-state index in [1.807, 2.05) is 0 Å². The van der Waals surface area contributed by atoms with Gasteiger partial charge in [-0.05, 0) is 31.0 Å². The monoisotopic (exact) mass is 232 g/mol. The van der Waals surface area contributed by atoms with Crippen LogP contribution in [0.15, 0.2) is 24.3 Å². The van der Waals surface area contributed by atoms with E-state index in [4.69, 9.17) is 0 Å². The van der Waals surface area contributed by atoms with Crippen LogP contribution in [0, 0.1) is 5.92 Å². The Kier molecular flexibility index (Phi) is 3.04. The van der Waals surface area contributed by atoms with Crippen molar-refractivity contribution in [3.8, 4) is 0 Å². The number of aliphatic hydroxyl groups is 1. The fourth-order valence-corrected chi connectivity index (χ4v) is 3.21. The van der Waals surface area contributed by atoms with Crippen molar-refractivity contribution >= 4 is 5.69 Å². The zero-order valence-corrected chi connectivity index (χ0v) is 10.1. The molecule has 1 unspecified atom stereocenters. The number of fused-ring (bicyclic) bond motifs is 1. The number of anilines is 1. The first-order valence-corrected chi connectivity index (χ1v) is 6.56. The fourth-order valence-electron chi connectivity index (χ4n) is 3.21. The van der Waals surface area contributed by atoms with Gasteiger partial charge in [-0.1, -0.05) is 18.2 Å². The smallest absolute Gasteiger partial charge is 0.0491 e. The lowest BCUT2D eigenvalue weighted by atomic mass is 9.92. The Bertz CT molecular complexity index is 394. The molecule has 1 fully saturated rings. The van der Waals surface area contributed by atoms with Gasteiger partial charge in [0.25, 0.3) is 0 Å². The summed E-state index contributed by atoms with van der Waals surface area (Å²) in [4.78, 5) is 2.51. The molecule has 2 N–H and O–H groups in total. The van der Waals surface area contributed by atoms with Crippen LogP contribution in [0.3, 0.4) is 0 Å². The molecule has 0 aromatic heterocycles. The average Bonchev–Trinajstić information content (AvgIpc) is 2.82. The molecule has 92 valence electrons. The third kappa shape index (κ3) is 1.94. The van der Waals surface area contributed by atoms with E-state index in [1.165, 1.54) is 11.3 Å². The summed E-state index contributed by atoms with van der Waals surface area (Å²) in [6, 6.07) is 9.19. The van der Waals surface area contributed by atoms with Gasteiger partial charge in [0.1, 0.15) is 0 Å². The first-order chi connectivity index (χ1) is 8.40. The molecule has 0 bridgehead atoms. The van der Waals surface area contributed by atoms with Gasteiger partial charge in [0, 0.05) is 37.3 Å². The predicted octanol–water partition coefficient (Wildman–Crippen LogP) is 1.02. The summed E-state index contributed by atoms with van der Waals surface area (Å²) in [5, 5.41) is 12.9. The van der Waals surface area contributed by atoms with Crippen molar-refractivity contribution in [3.05, 3.63) is 29.8 Å². The van der Waals surface area contributed by atoms with Crippen molar-refractivity contribution < 1.29 is 5.11 Å². The van der Waals surface area contributed by atoms with Gasteiger partial charge in [-0.2, -0.15) is 0 Å². The zero-order valence-electron chi connectivity index (χ0n) is 10.1. The van der Waals surface area contributed by atoms with Crippen LogP contribution in [0.4, 0.5) is 5.69 Å². The van der Waals surface area contributed by atoms with Crippen molar-refractivity contribution in [2.24, 2.45) is 5.92 Å². The normalized spacial score (nSPS) is 28.2. The third-order valence-corrected chi connectivity index (χ3v) is 4.13. The molecule has 2 aliphatic rings. The molecule has 2 atom stereocenters. The third-order valence-electron chi connectivity index (χ3n) is 4.13. The second-order valence-corrected chi connectivity index (χ2v) is 5.07. The van der Waals surface area contributed by atoms with Gasteiger partial charge in [0.05, 0.1) is 0 Å². The first kappa shape index (κ1) is 11.1. The molecule has 3 heteroatoms. The summed E-state index contributed by atoms with van der Waals surface area (Å²) in [5.74, 6) is 0.370. The molecule has 1 saturated heterocycles. The van der Waals surface area contributed by atoms with E-state index in [0.717, 1.165) is 32.5 Å². The highest BCUT2D eigenvalue weighted by Gasteiger charge is 2.32. The first-order valence-electron chi connectivity index (χ1n) is 6.56. The molecule has 3 rings (SSSR count). The lowest BCUT2D eigenvalue weighted by Crippen LogP contribution is -2.50. The molecule has 2 aliphatic heterocycles. The van der Waals surface area contributed by atoms with E-state index in [0.29, 0.717) is 12.0 Å². The summed E-state index contributed by atoms with van der Waals surface area (Å²) in [6.07, 6.45) is 2.29. The largest absolute Gasteiger partial charge is 0.396 e. The molecule has 0 amide bonds. The van der Waals surface area contributed by atoms with E-state index < -0.39 is 0 Å². The second kappa shape index (κ2) is 4.67. The molecular weight excluding hydrogens is 212 g/mol. The molecule has 0 radical (unpaired) electrons. The van der Waals surface area contributed by atoms with Gasteiger partial charge in [-0.3, -0.25) is 0 Å². The molecule has 0 saturated carbocycles. The van der Waals surface area contributed by atoms with Crippen molar-refractivity contribution in [3.63, 3.8) is 0 Å².